The van der Waals surface area contributed by atoms with E-state index in [2.05, 4.69) is 0 Å². The summed E-state index contributed by atoms with van der Waals surface area (Å²) in [5.74, 6) is -0.241. The van der Waals surface area contributed by atoms with Crippen molar-refractivity contribution in [2.45, 2.75) is 13.0 Å². The lowest BCUT2D eigenvalue weighted by Gasteiger charge is -2.23. The average Bonchev–Trinajstić information content (AvgIpc) is 2.53. The molecule has 3 rings (SSSR count). The van der Waals surface area contributed by atoms with Crippen LogP contribution >= 0.6 is 0 Å². The fourth-order valence-electron chi connectivity index (χ4n) is 2.77. The van der Waals surface area contributed by atoms with Crippen molar-refractivity contribution in [3.05, 3.63) is 66.3 Å². The lowest BCUT2D eigenvalue weighted by molar-refractivity contribution is 0.188. The first kappa shape index (κ1) is 14.4. The molecule has 0 heterocycles. The summed E-state index contributed by atoms with van der Waals surface area (Å²) in [6.07, 6.45) is 5.15. The van der Waals surface area contributed by atoms with E-state index in [0.717, 1.165) is 16.7 Å². The number of para-hydroxylation sites is 1. The van der Waals surface area contributed by atoms with Crippen LogP contribution in [0.4, 0.5) is 0 Å². The first-order valence-electron chi connectivity index (χ1n) is 7.26. The summed E-state index contributed by atoms with van der Waals surface area (Å²) in [5.41, 5.74) is 3.46. The molecule has 0 unspecified atom stereocenters. The summed E-state index contributed by atoms with van der Waals surface area (Å²) in [5, 5.41) is 29.7. The Morgan fingerprint density at radius 3 is 2.50 bits per heavy atom. The van der Waals surface area contributed by atoms with E-state index in [9.17, 15) is 15.3 Å². The Morgan fingerprint density at radius 1 is 0.955 bits per heavy atom. The predicted molar refractivity (Wildman–Crippen MR) is 87.5 cm³/mol. The summed E-state index contributed by atoms with van der Waals surface area (Å²) in [7, 11) is 0. The lowest BCUT2D eigenvalue weighted by atomic mass is 9.85. The van der Waals surface area contributed by atoms with Gasteiger partial charge in [-0.05, 0) is 28.8 Å². The molecule has 0 aliphatic heterocycles. The fraction of sp³-hybridized carbons (Fsp3) is 0.158. The molecule has 0 fully saturated rings. The summed E-state index contributed by atoms with van der Waals surface area (Å²) >= 11 is 0. The van der Waals surface area contributed by atoms with Crippen molar-refractivity contribution in [3.8, 4) is 22.6 Å². The quantitative estimate of drug-likeness (QED) is 0.740. The van der Waals surface area contributed by atoms with E-state index in [-0.39, 0.29) is 17.4 Å². The minimum Gasteiger partial charge on any atom is -0.504 e. The van der Waals surface area contributed by atoms with Crippen LogP contribution in [-0.4, -0.2) is 21.4 Å². The number of phenols is 2. The molecule has 3 heteroatoms. The summed E-state index contributed by atoms with van der Waals surface area (Å²) < 4.78 is 0. The van der Waals surface area contributed by atoms with Gasteiger partial charge in [0.15, 0.2) is 11.5 Å². The van der Waals surface area contributed by atoms with Gasteiger partial charge in [-0.15, -0.1) is 0 Å². The smallest absolute Gasteiger partial charge is 0.165 e. The highest BCUT2D eigenvalue weighted by Gasteiger charge is 2.20. The Balaban J connectivity index is 2.06. The van der Waals surface area contributed by atoms with E-state index >= 15 is 0 Å². The highest BCUT2D eigenvalue weighted by atomic mass is 16.3. The van der Waals surface area contributed by atoms with Gasteiger partial charge in [-0.1, -0.05) is 55.5 Å². The van der Waals surface area contributed by atoms with Crippen molar-refractivity contribution < 1.29 is 15.3 Å². The van der Waals surface area contributed by atoms with Gasteiger partial charge in [0.2, 0.25) is 0 Å². The molecule has 1 aliphatic carbocycles. The van der Waals surface area contributed by atoms with E-state index in [4.69, 9.17) is 0 Å². The normalized spacial score (nSPS) is 20.7. The Bertz CT molecular complexity index is 759. The van der Waals surface area contributed by atoms with Crippen molar-refractivity contribution in [3.63, 3.8) is 0 Å². The van der Waals surface area contributed by atoms with Gasteiger partial charge >= 0.3 is 0 Å². The third kappa shape index (κ3) is 2.51. The van der Waals surface area contributed by atoms with Crippen molar-refractivity contribution in [1.29, 1.82) is 0 Å². The van der Waals surface area contributed by atoms with Crippen molar-refractivity contribution >= 4 is 5.57 Å². The number of aromatic hydroxyl groups is 2. The maximum absolute atomic E-state index is 10.0. The standard InChI is InChI=1S/C19H18O3/c1-12-15(7-3-9-17(12)20)13-5-2-6-14(11-13)16-8-4-10-18(21)19(16)22/h2-12,17,20-22H,1H3/t12-,17+/m0/s1. The second-order valence-electron chi connectivity index (χ2n) is 5.54. The summed E-state index contributed by atoms with van der Waals surface area (Å²) in [6, 6.07) is 12.7. The van der Waals surface area contributed by atoms with Gasteiger partial charge in [-0.3, -0.25) is 0 Å². The molecule has 0 saturated carbocycles. The molecule has 0 radical (unpaired) electrons. The number of aliphatic hydroxyl groups excluding tert-OH is 1. The Hall–Kier alpha value is -2.52. The molecule has 112 valence electrons. The van der Waals surface area contributed by atoms with Gasteiger partial charge in [0, 0.05) is 11.5 Å². The third-order valence-corrected chi connectivity index (χ3v) is 4.11. The number of aliphatic hydroxyl groups is 1. The lowest BCUT2D eigenvalue weighted by Crippen LogP contribution is -2.18. The van der Waals surface area contributed by atoms with Gasteiger partial charge in [0.1, 0.15) is 0 Å². The first-order valence-corrected chi connectivity index (χ1v) is 7.26. The molecule has 0 saturated heterocycles. The van der Waals surface area contributed by atoms with Crippen LogP contribution in [0.1, 0.15) is 12.5 Å². The van der Waals surface area contributed by atoms with Gasteiger partial charge in [-0.2, -0.15) is 0 Å². The zero-order valence-corrected chi connectivity index (χ0v) is 12.3. The van der Waals surface area contributed by atoms with Crippen LogP contribution in [0.15, 0.2) is 60.7 Å². The third-order valence-electron chi connectivity index (χ3n) is 4.11. The maximum atomic E-state index is 10.0. The molecular formula is C19H18O3. The molecule has 2 aromatic carbocycles. The van der Waals surface area contributed by atoms with Crippen LogP contribution in [0.25, 0.3) is 16.7 Å². The van der Waals surface area contributed by atoms with Gasteiger partial charge in [-0.25, -0.2) is 0 Å². The molecule has 0 aromatic heterocycles. The van der Waals surface area contributed by atoms with Crippen molar-refractivity contribution in [2.75, 3.05) is 0 Å². The van der Waals surface area contributed by atoms with E-state index < -0.39 is 6.10 Å². The highest BCUT2D eigenvalue weighted by molar-refractivity contribution is 5.78. The molecule has 1 aliphatic rings. The second kappa shape index (κ2) is 5.70. The van der Waals surface area contributed by atoms with Gasteiger partial charge < -0.3 is 15.3 Å². The van der Waals surface area contributed by atoms with E-state index in [1.54, 1.807) is 18.2 Å². The maximum Gasteiger partial charge on any atom is 0.165 e. The van der Waals surface area contributed by atoms with Crippen LogP contribution in [-0.2, 0) is 0 Å². The molecule has 0 spiro atoms. The monoisotopic (exact) mass is 294 g/mol. The topological polar surface area (TPSA) is 60.7 Å². The summed E-state index contributed by atoms with van der Waals surface area (Å²) in [4.78, 5) is 0. The SMILES string of the molecule is C[C@H]1C(c2cccc(-c3cccc(O)c3O)c2)=CC=C[C@H]1O. The molecule has 3 N–H and O–H groups in total. The van der Waals surface area contributed by atoms with Crippen LogP contribution < -0.4 is 0 Å². The largest absolute Gasteiger partial charge is 0.504 e. The molecule has 2 atom stereocenters. The second-order valence-corrected chi connectivity index (χ2v) is 5.54. The number of hydrogen-bond donors (Lipinski definition) is 3. The zero-order valence-electron chi connectivity index (χ0n) is 12.3. The van der Waals surface area contributed by atoms with Crippen LogP contribution in [0.5, 0.6) is 11.5 Å². The molecule has 22 heavy (non-hydrogen) atoms. The number of rotatable bonds is 2. The number of benzene rings is 2. The van der Waals surface area contributed by atoms with Crippen molar-refractivity contribution in [1.82, 2.24) is 0 Å². The van der Waals surface area contributed by atoms with Crippen LogP contribution in [0.2, 0.25) is 0 Å². The van der Waals surface area contributed by atoms with E-state index in [1.807, 2.05) is 43.3 Å². The molecule has 0 bridgehead atoms. The first-order chi connectivity index (χ1) is 10.6. The molecule has 0 amide bonds. The zero-order chi connectivity index (χ0) is 15.7. The fourth-order valence-corrected chi connectivity index (χ4v) is 2.77. The van der Waals surface area contributed by atoms with Crippen molar-refractivity contribution in [2.24, 2.45) is 5.92 Å². The molecule has 3 nitrogen and oxygen atoms in total. The van der Waals surface area contributed by atoms with Crippen LogP contribution in [0, 0.1) is 5.92 Å². The van der Waals surface area contributed by atoms with E-state index in [1.165, 1.54) is 6.07 Å². The summed E-state index contributed by atoms with van der Waals surface area (Å²) in [6.45, 7) is 1.98. The average molecular weight is 294 g/mol. The molecule has 2 aromatic rings. The number of allylic oxidation sites excluding steroid dienone is 2. The van der Waals surface area contributed by atoms with Gasteiger partial charge in [0.05, 0.1) is 6.10 Å². The Morgan fingerprint density at radius 2 is 1.68 bits per heavy atom. The van der Waals surface area contributed by atoms with Crippen LogP contribution in [0.3, 0.4) is 0 Å². The predicted octanol–water partition coefficient (Wildman–Crippen LogP) is 3.72. The molecular weight excluding hydrogens is 276 g/mol. The highest BCUT2D eigenvalue weighted by Crippen LogP contribution is 2.38. The Labute approximate surface area is 129 Å². The van der Waals surface area contributed by atoms with Gasteiger partial charge in [0.25, 0.3) is 0 Å². The Kier molecular flexibility index (Phi) is 3.73. The number of phenolic OH excluding ortho intramolecular Hbond substituents is 2. The number of hydrogen-bond acceptors (Lipinski definition) is 3. The minimum atomic E-state index is -0.488. The van der Waals surface area contributed by atoms with E-state index in [0.29, 0.717) is 5.56 Å². The minimum absolute atomic E-state index is 0.0121.